The highest BCUT2D eigenvalue weighted by atomic mass is 16.4. The molecule has 0 aliphatic carbocycles. The summed E-state index contributed by atoms with van der Waals surface area (Å²) in [7, 11) is 0. The number of nitrogens with one attached hydrogen (secondary N) is 2. The summed E-state index contributed by atoms with van der Waals surface area (Å²) in [5.41, 5.74) is 9.95. The number of hydrogen-bond acceptors (Lipinski definition) is 4. The number of amides is 4. The van der Waals surface area contributed by atoms with Crippen molar-refractivity contribution in [1.82, 2.24) is 10.6 Å². The number of carboxylic acids is 1. The van der Waals surface area contributed by atoms with Crippen LogP contribution in [0.3, 0.4) is 0 Å². The standard InChI is InChI=1S/C12H22N4O5/c1-3-6(2)9(16-12(14)21)10(18)15-7(11(19)20)4-5-8(13)17/h6-7,9H,3-5H2,1-2H3,(H2,13,17)(H,15,18)(H,19,20)(H3,14,16,21)/t6?,7-,9?/m1/s1. The van der Waals surface area contributed by atoms with Crippen LogP contribution < -0.4 is 22.1 Å². The molecule has 0 aromatic rings. The fraction of sp³-hybridized carbons (Fsp3) is 0.667. The first-order valence-electron chi connectivity index (χ1n) is 6.56. The number of nitrogens with two attached hydrogens (primary N) is 2. The van der Waals surface area contributed by atoms with Crippen molar-refractivity contribution in [3.05, 3.63) is 0 Å². The molecule has 21 heavy (non-hydrogen) atoms. The summed E-state index contributed by atoms with van der Waals surface area (Å²) < 4.78 is 0. The molecule has 7 N–H and O–H groups in total. The molecule has 0 aromatic carbocycles. The number of carboxylic acid groups (broad SMARTS) is 1. The Balaban J connectivity index is 4.85. The average molecular weight is 302 g/mol. The van der Waals surface area contributed by atoms with Crippen molar-refractivity contribution in [3.8, 4) is 0 Å². The lowest BCUT2D eigenvalue weighted by Gasteiger charge is -2.24. The molecule has 0 saturated carbocycles. The first-order valence-corrected chi connectivity index (χ1v) is 6.56. The average Bonchev–Trinajstić information content (AvgIpc) is 2.38. The Bertz CT molecular complexity index is 412. The molecule has 9 nitrogen and oxygen atoms in total. The van der Waals surface area contributed by atoms with E-state index in [0.29, 0.717) is 6.42 Å². The van der Waals surface area contributed by atoms with E-state index < -0.39 is 35.9 Å². The van der Waals surface area contributed by atoms with E-state index in [2.05, 4.69) is 10.6 Å². The molecule has 0 spiro atoms. The smallest absolute Gasteiger partial charge is 0.326 e. The number of carbonyl (C=O) groups excluding carboxylic acids is 3. The van der Waals surface area contributed by atoms with Crippen LogP contribution in [0, 0.1) is 5.92 Å². The van der Waals surface area contributed by atoms with Crippen LogP contribution in [0.5, 0.6) is 0 Å². The summed E-state index contributed by atoms with van der Waals surface area (Å²) in [6.07, 6.45) is 0.284. The molecule has 0 fully saturated rings. The zero-order valence-electron chi connectivity index (χ0n) is 12.1. The van der Waals surface area contributed by atoms with Gasteiger partial charge in [-0.05, 0) is 12.3 Å². The van der Waals surface area contributed by atoms with Gasteiger partial charge in [0.1, 0.15) is 12.1 Å². The first kappa shape index (κ1) is 18.7. The van der Waals surface area contributed by atoms with Gasteiger partial charge in [-0.3, -0.25) is 9.59 Å². The predicted octanol–water partition coefficient (Wildman–Crippen LogP) is -1.10. The Morgan fingerprint density at radius 3 is 2.10 bits per heavy atom. The number of primary amides is 2. The van der Waals surface area contributed by atoms with Crippen molar-refractivity contribution >= 4 is 23.8 Å². The van der Waals surface area contributed by atoms with Crippen LogP contribution in [0.1, 0.15) is 33.1 Å². The number of hydrogen-bond donors (Lipinski definition) is 5. The van der Waals surface area contributed by atoms with Crippen molar-refractivity contribution in [2.75, 3.05) is 0 Å². The molecule has 4 amide bonds. The SMILES string of the molecule is CCC(C)C(NC(N)=O)C(=O)N[C@H](CCC(N)=O)C(=O)O. The van der Waals surface area contributed by atoms with Crippen molar-refractivity contribution in [2.24, 2.45) is 17.4 Å². The Hall–Kier alpha value is -2.32. The molecular weight excluding hydrogens is 280 g/mol. The molecule has 0 aromatic heterocycles. The van der Waals surface area contributed by atoms with Crippen molar-refractivity contribution in [3.63, 3.8) is 0 Å². The molecule has 0 radical (unpaired) electrons. The maximum Gasteiger partial charge on any atom is 0.326 e. The van der Waals surface area contributed by atoms with Crippen LogP contribution in [0.15, 0.2) is 0 Å². The van der Waals surface area contributed by atoms with Gasteiger partial charge in [0.05, 0.1) is 0 Å². The van der Waals surface area contributed by atoms with Crippen LogP contribution in [0.4, 0.5) is 4.79 Å². The van der Waals surface area contributed by atoms with E-state index in [4.69, 9.17) is 16.6 Å². The molecule has 0 rings (SSSR count). The summed E-state index contributed by atoms with van der Waals surface area (Å²) in [6.45, 7) is 3.54. The summed E-state index contributed by atoms with van der Waals surface area (Å²) >= 11 is 0. The van der Waals surface area contributed by atoms with Gasteiger partial charge in [0.2, 0.25) is 11.8 Å². The van der Waals surface area contributed by atoms with E-state index in [1.807, 2.05) is 6.92 Å². The quantitative estimate of drug-likeness (QED) is 0.364. The van der Waals surface area contributed by atoms with E-state index in [1.54, 1.807) is 6.92 Å². The van der Waals surface area contributed by atoms with Gasteiger partial charge in [-0.2, -0.15) is 0 Å². The van der Waals surface area contributed by atoms with Gasteiger partial charge in [0, 0.05) is 6.42 Å². The summed E-state index contributed by atoms with van der Waals surface area (Å²) in [5.74, 6) is -2.85. The monoisotopic (exact) mass is 302 g/mol. The maximum absolute atomic E-state index is 12.1. The van der Waals surface area contributed by atoms with Gasteiger partial charge in [-0.1, -0.05) is 20.3 Å². The Morgan fingerprint density at radius 1 is 1.14 bits per heavy atom. The van der Waals surface area contributed by atoms with E-state index in [9.17, 15) is 19.2 Å². The Morgan fingerprint density at radius 2 is 1.71 bits per heavy atom. The van der Waals surface area contributed by atoms with Gasteiger partial charge in [0.15, 0.2) is 0 Å². The molecule has 120 valence electrons. The summed E-state index contributed by atoms with van der Waals surface area (Å²) in [4.78, 5) is 44.7. The van der Waals surface area contributed by atoms with Gasteiger partial charge in [-0.15, -0.1) is 0 Å². The number of carbonyl (C=O) groups is 4. The van der Waals surface area contributed by atoms with Crippen molar-refractivity contribution in [2.45, 2.75) is 45.2 Å². The lowest BCUT2D eigenvalue weighted by Crippen LogP contribution is -2.55. The largest absolute Gasteiger partial charge is 0.480 e. The number of rotatable bonds is 9. The van der Waals surface area contributed by atoms with E-state index in [-0.39, 0.29) is 18.8 Å². The molecule has 3 atom stereocenters. The highest BCUT2D eigenvalue weighted by molar-refractivity contribution is 5.90. The van der Waals surface area contributed by atoms with Crippen LogP contribution >= 0.6 is 0 Å². The Kier molecular flexibility index (Phi) is 7.80. The van der Waals surface area contributed by atoms with Gasteiger partial charge in [0.25, 0.3) is 0 Å². The number of aliphatic carboxylic acids is 1. The van der Waals surface area contributed by atoms with Gasteiger partial charge in [-0.25, -0.2) is 9.59 Å². The highest BCUT2D eigenvalue weighted by Gasteiger charge is 2.29. The second-order valence-corrected chi connectivity index (χ2v) is 4.78. The molecule has 0 heterocycles. The minimum atomic E-state index is -1.29. The van der Waals surface area contributed by atoms with Gasteiger partial charge >= 0.3 is 12.0 Å². The molecular formula is C12H22N4O5. The summed E-state index contributed by atoms with van der Waals surface area (Å²) in [5, 5.41) is 13.6. The minimum absolute atomic E-state index is 0.125. The van der Waals surface area contributed by atoms with Crippen molar-refractivity contribution in [1.29, 1.82) is 0 Å². The second-order valence-electron chi connectivity index (χ2n) is 4.78. The lowest BCUT2D eigenvalue weighted by molar-refractivity contribution is -0.142. The van der Waals surface area contributed by atoms with E-state index in [1.165, 1.54) is 0 Å². The lowest BCUT2D eigenvalue weighted by atomic mass is 9.98. The van der Waals surface area contributed by atoms with E-state index in [0.717, 1.165) is 0 Å². The summed E-state index contributed by atoms with van der Waals surface area (Å²) in [6, 6.07) is -3.08. The topological polar surface area (TPSA) is 165 Å². The fourth-order valence-corrected chi connectivity index (χ4v) is 1.66. The first-order chi connectivity index (χ1) is 9.68. The van der Waals surface area contributed by atoms with Crippen LogP contribution in [-0.4, -0.2) is 41.0 Å². The third kappa shape index (κ3) is 7.14. The minimum Gasteiger partial charge on any atom is -0.480 e. The fourth-order valence-electron chi connectivity index (χ4n) is 1.66. The molecule has 9 heteroatoms. The van der Waals surface area contributed by atoms with Crippen LogP contribution in [-0.2, 0) is 14.4 Å². The second kappa shape index (κ2) is 8.77. The Labute approximate surface area is 122 Å². The molecule has 2 unspecified atom stereocenters. The van der Waals surface area contributed by atoms with Crippen LogP contribution in [0.25, 0.3) is 0 Å². The maximum atomic E-state index is 12.1. The zero-order chi connectivity index (χ0) is 16.6. The molecule has 0 aliphatic heterocycles. The number of urea groups is 1. The molecule has 0 saturated heterocycles. The third-order valence-corrected chi connectivity index (χ3v) is 3.09. The molecule has 0 aliphatic rings. The zero-order valence-corrected chi connectivity index (χ0v) is 12.1. The van der Waals surface area contributed by atoms with E-state index >= 15 is 0 Å². The van der Waals surface area contributed by atoms with Crippen LogP contribution in [0.2, 0.25) is 0 Å². The van der Waals surface area contributed by atoms with Crippen molar-refractivity contribution < 1.29 is 24.3 Å². The highest BCUT2D eigenvalue weighted by Crippen LogP contribution is 2.09. The predicted molar refractivity (Wildman–Crippen MR) is 74.0 cm³/mol. The third-order valence-electron chi connectivity index (χ3n) is 3.09. The van der Waals surface area contributed by atoms with Gasteiger partial charge < -0.3 is 27.2 Å². The normalized spacial score (nSPS) is 14.6. The molecule has 0 bridgehead atoms.